The molecule has 0 aliphatic carbocycles. The predicted octanol–water partition coefficient (Wildman–Crippen LogP) is 3.14. The number of hydrogen-bond acceptors (Lipinski definition) is 4. The van der Waals surface area contributed by atoms with Crippen molar-refractivity contribution < 1.29 is 4.74 Å². The summed E-state index contributed by atoms with van der Waals surface area (Å²) in [5, 5.41) is 2.00. The van der Waals surface area contributed by atoms with Crippen LogP contribution in [-0.4, -0.2) is 35.1 Å². The van der Waals surface area contributed by atoms with Gasteiger partial charge in [-0.25, -0.2) is 4.98 Å². The van der Waals surface area contributed by atoms with Crippen molar-refractivity contribution in [3.63, 3.8) is 0 Å². The van der Waals surface area contributed by atoms with Crippen LogP contribution >= 0.6 is 27.3 Å². The van der Waals surface area contributed by atoms with Crippen molar-refractivity contribution in [1.82, 2.24) is 4.98 Å². The minimum Gasteiger partial charge on any atom is -0.368 e. The van der Waals surface area contributed by atoms with E-state index in [1.54, 1.807) is 11.3 Å². The number of anilines is 1. The van der Waals surface area contributed by atoms with Crippen LogP contribution < -0.4 is 4.90 Å². The lowest BCUT2D eigenvalue weighted by Gasteiger charge is -2.42. The first-order valence-electron chi connectivity index (χ1n) is 5.84. The average Bonchev–Trinajstić information content (AvgIpc) is 2.57. The van der Waals surface area contributed by atoms with E-state index in [9.17, 15) is 0 Å². The van der Waals surface area contributed by atoms with E-state index in [0.29, 0.717) is 0 Å². The van der Waals surface area contributed by atoms with Crippen molar-refractivity contribution in [3.8, 4) is 0 Å². The Labute approximate surface area is 115 Å². The molecule has 2 heterocycles. The maximum Gasteiger partial charge on any atom is 0.185 e. The number of hydrogen-bond donors (Lipinski definition) is 0. The summed E-state index contributed by atoms with van der Waals surface area (Å²) in [5.74, 6) is 0. The molecule has 3 nitrogen and oxygen atoms in total. The average molecular weight is 319 g/mol. The molecule has 0 aromatic carbocycles. The highest BCUT2D eigenvalue weighted by molar-refractivity contribution is 9.09. The SMILES string of the molecule is Cc1nc(N2CC(CBr)OC(C)(C)C2)sc1C. The molecule has 96 valence electrons. The molecule has 1 unspecified atom stereocenters. The highest BCUT2D eigenvalue weighted by Gasteiger charge is 2.34. The summed E-state index contributed by atoms with van der Waals surface area (Å²) < 4.78 is 6.00. The first-order valence-corrected chi connectivity index (χ1v) is 7.78. The lowest BCUT2D eigenvalue weighted by Crippen LogP contribution is -2.53. The highest BCUT2D eigenvalue weighted by atomic mass is 79.9. The fourth-order valence-electron chi connectivity index (χ4n) is 2.11. The first kappa shape index (κ1) is 13.3. The van der Waals surface area contributed by atoms with Gasteiger partial charge in [-0.3, -0.25) is 0 Å². The lowest BCUT2D eigenvalue weighted by molar-refractivity contribution is -0.0724. The monoisotopic (exact) mass is 318 g/mol. The quantitative estimate of drug-likeness (QED) is 0.783. The molecule has 17 heavy (non-hydrogen) atoms. The van der Waals surface area contributed by atoms with Crippen LogP contribution in [0.25, 0.3) is 0 Å². The number of thiazole rings is 1. The van der Waals surface area contributed by atoms with Gasteiger partial charge in [0, 0.05) is 23.3 Å². The van der Waals surface area contributed by atoms with Crippen molar-refractivity contribution in [2.45, 2.75) is 39.4 Å². The molecule has 0 N–H and O–H groups in total. The van der Waals surface area contributed by atoms with E-state index in [1.807, 2.05) is 0 Å². The molecule has 0 bridgehead atoms. The van der Waals surface area contributed by atoms with Crippen molar-refractivity contribution >= 4 is 32.4 Å². The van der Waals surface area contributed by atoms with Gasteiger partial charge in [-0.05, 0) is 27.7 Å². The Kier molecular flexibility index (Phi) is 3.80. The second-order valence-corrected chi connectivity index (χ2v) is 7.00. The topological polar surface area (TPSA) is 25.4 Å². The maximum absolute atomic E-state index is 6.00. The molecular formula is C12H19BrN2OS. The van der Waals surface area contributed by atoms with E-state index in [4.69, 9.17) is 4.74 Å². The Morgan fingerprint density at radius 2 is 2.24 bits per heavy atom. The fraction of sp³-hybridized carbons (Fsp3) is 0.750. The van der Waals surface area contributed by atoms with Crippen LogP contribution in [0.4, 0.5) is 5.13 Å². The van der Waals surface area contributed by atoms with Crippen molar-refractivity contribution in [2.24, 2.45) is 0 Å². The van der Waals surface area contributed by atoms with Gasteiger partial charge in [0.25, 0.3) is 0 Å². The van der Waals surface area contributed by atoms with Crippen LogP contribution in [0, 0.1) is 13.8 Å². The van der Waals surface area contributed by atoms with Crippen LogP contribution in [0.3, 0.4) is 0 Å². The predicted molar refractivity (Wildman–Crippen MR) is 76.5 cm³/mol. The molecule has 1 aromatic rings. The summed E-state index contributed by atoms with van der Waals surface area (Å²) >= 11 is 5.29. The second kappa shape index (κ2) is 4.86. The van der Waals surface area contributed by atoms with Gasteiger partial charge in [0.05, 0.1) is 17.4 Å². The molecule has 1 aromatic heterocycles. The van der Waals surface area contributed by atoms with Gasteiger partial charge in [0.15, 0.2) is 5.13 Å². The fourth-order valence-corrected chi connectivity index (χ4v) is 3.37. The molecule has 0 saturated carbocycles. The van der Waals surface area contributed by atoms with E-state index in [-0.39, 0.29) is 11.7 Å². The number of nitrogens with zero attached hydrogens (tertiary/aromatic N) is 2. The van der Waals surface area contributed by atoms with Crippen LogP contribution in [0.15, 0.2) is 0 Å². The molecular weight excluding hydrogens is 300 g/mol. The lowest BCUT2D eigenvalue weighted by atomic mass is 10.1. The molecule has 1 fully saturated rings. The van der Waals surface area contributed by atoms with Crippen LogP contribution in [0.2, 0.25) is 0 Å². The van der Waals surface area contributed by atoms with E-state index in [2.05, 4.69) is 53.5 Å². The van der Waals surface area contributed by atoms with Crippen LogP contribution in [0.5, 0.6) is 0 Å². The number of ether oxygens (including phenoxy) is 1. The first-order chi connectivity index (χ1) is 7.91. The van der Waals surface area contributed by atoms with Gasteiger partial charge >= 0.3 is 0 Å². The summed E-state index contributed by atoms with van der Waals surface area (Å²) in [6, 6.07) is 0. The Morgan fingerprint density at radius 1 is 1.53 bits per heavy atom. The van der Waals surface area contributed by atoms with E-state index < -0.39 is 0 Å². The van der Waals surface area contributed by atoms with Gasteiger partial charge in [0.1, 0.15) is 0 Å². The van der Waals surface area contributed by atoms with Crippen molar-refractivity contribution in [2.75, 3.05) is 23.3 Å². The normalized spacial score (nSPS) is 24.1. The second-order valence-electron chi connectivity index (χ2n) is 5.17. The molecule has 2 rings (SSSR count). The number of aryl methyl sites for hydroxylation is 2. The molecule has 0 spiro atoms. The summed E-state index contributed by atoms with van der Waals surface area (Å²) in [6.45, 7) is 10.3. The molecule has 1 aliphatic heterocycles. The van der Waals surface area contributed by atoms with E-state index in [0.717, 1.165) is 29.2 Å². The number of aromatic nitrogens is 1. The van der Waals surface area contributed by atoms with E-state index >= 15 is 0 Å². The van der Waals surface area contributed by atoms with Crippen molar-refractivity contribution in [3.05, 3.63) is 10.6 Å². The Bertz CT molecular complexity index is 386. The Balaban J connectivity index is 2.20. The third kappa shape index (κ3) is 3.01. The number of halogens is 1. The van der Waals surface area contributed by atoms with Gasteiger partial charge in [-0.15, -0.1) is 11.3 Å². The molecule has 1 aliphatic rings. The number of alkyl halides is 1. The Morgan fingerprint density at radius 3 is 2.76 bits per heavy atom. The summed E-state index contributed by atoms with van der Waals surface area (Å²) in [4.78, 5) is 8.29. The van der Waals surface area contributed by atoms with Gasteiger partial charge in [-0.2, -0.15) is 0 Å². The van der Waals surface area contributed by atoms with E-state index in [1.165, 1.54) is 4.88 Å². The molecule has 5 heteroatoms. The zero-order chi connectivity index (χ0) is 12.6. The number of rotatable bonds is 2. The zero-order valence-electron chi connectivity index (χ0n) is 10.8. The largest absolute Gasteiger partial charge is 0.368 e. The third-order valence-corrected chi connectivity index (χ3v) is 4.80. The van der Waals surface area contributed by atoms with Crippen LogP contribution in [-0.2, 0) is 4.74 Å². The van der Waals surface area contributed by atoms with Gasteiger partial charge in [0.2, 0.25) is 0 Å². The molecule has 1 atom stereocenters. The molecule has 0 amide bonds. The molecule has 0 radical (unpaired) electrons. The van der Waals surface area contributed by atoms with Crippen molar-refractivity contribution in [1.29, 1.82) is 0 Å². The van der Waals surface area contributed by atoms with Gasteiger partial charge in [-0.1, -0.05) is 15.9 Å². The third-order valence-electron chi connectivity index (χ3n) is 2.94. The minimum atomic E-state index is -0.107. The zero-order valence-corrected chi connectivity index (χ0v) is 13.2. The minimum absolute atomic E-state index is 0.107. The Hall–Kier alpha value is -0.130. The highest BCUT2D eigenvalue weighted by Crippen LogP contribution is 2.30. The standard InChI is InChI=1S/C12H19BrN2OS/c1-8-9(2)17-11(14-8)15-6-10(5-13)16-12(3,4)7-15/h10H,5-7H2,1-4H3. The summed E-state index contributed by atoms with van der Waals surface area (Å²) in [5.41, 5.74) is 1.04. The molecule has 1 saturated heterocycles. The summed E-state index contributed by atoms with van der Waals surface area (Å²) in [7, 11) is 0. The number of morpholine rings is 1. The van der Waals surface area contributed by atoms with Crippen LogP contribution in [0.1, 0.15) is 24.4 Å². The summed E-state index contributed by atoms with van der Waals surface area (Å²) in [6.07, 6.45) is 0.239. The maximum atomic E-state index is 6.00. The van der Waals surface area contributed by atoms with Gasteiger partial charge < -0.3 is 9.64 Å². The smallest absolute Gasteiger partial charge is 0.185 e.